The monoisotopic (exact) mass is 301 g/mol. The zero-order chi connectivity index (χ0) is 12.1. The van der Waals surface area contributed by atoms with E-state index in [9.17, 15) is 0 Å². The van der Waals surface area contributed by atoms with E-state index in [-0.39, 0.29) is 6.04 Å². The lowest BCUT2D eigenvalue weighted by molar-refractivity contribution is 0.548. The van der Waals surface area contributed by atoms with E-state index in [1.54, 1.807) is 0 Å². The fourth-order valence-corrected chi connectivity index (χ4v) is 2.32. The predicted molar refractivity (Wildman–Crippen MR) is 75.0 cm³/mol. The van der Waals surface area contributed by atoms with Crippen molar-refractivity contribution in [3.63, 3.8) is 0 Å². The molecule has 1 rings (SSSR count). The quantitative estimate of drug-likeness (QED) is 0.776. The maximum Gasteiger partial charge on any atom is 0.0595 e. The molecular formula is C13H17BrClN. The first-order valence-electron chi connectivity index (χ1n) is 5.38. The Labute approximate surface area is 111 Å². The van der Waals surface area contributed by atoms with Gasteiger partial charge in [0.1, 0.15) is 0 Å². The maximum atomic E-state index is 6.29. The normalized spacial score (nSPS) is 12.5. The summed E-state index contributed by atoms with van der Waals surface area (Å²) < 4.78 is 0.941. The molecule has 0 aromatic heterocycles. The molecule has 0 fully saturated rings. The molecule has 0 saturated carbocycles. The van der Waals surface area contributed by atoms with Gasteiger partial charge < -0.3 is 5.32 Å². The zero-order valence-corrected chi connectivity index (χ0v) is 12.0. The van der Waals surface area contributed by atoms with Gasteiger partial charge in [-0.05, 0) is 47.4 Å². The van der Waals surface area contributed by atoms with Crippen molar-refractivity contribution in [2.45, 2.75) is 26.3 Å². The average Bonchev–Trinajstić information content (AvgIpc) is 2.21. The van der Waals surface area contributed by atoms with Crippen molar-refractivity contribution in [1.82, 2.24) is 5.32 Å². The molecule has 0 saturated heterocycles. The van der Waals surface area contributed by atoms with Crippen LogP contribution in [0.5, 0.6) is 0 Å². The second-order valence-electron chi connectivity index (χ2n) is 3.91. The van der Waals surface area contributed by atoms with Crippen LogP contribution in [0, 0.1) is 0 Å². The standard InChI is InChI=1S/C13H17BrClN/c1-4-16-12(8-9(2)3)10-6-5-7-11(14)13(10)15/h5-7,12,16H,2,4,8H2,1,3H3. The van der Waals surface area contributed by atoms with Crippen molar-refractivity contribution in [3.05, 3.63) is 45.4 Å². The smallest absolute Gasteiger partial charge is 0.0595 e. The molecule has 0 radical (unpaired) electrons. The Morgan fingerprint density at radius 1 is 1.56 bits per heavy atom. The minimum Gasteiger partial charge on any atom is -0.310 e. The summed E-state index contributed by atoms with van der Waals surface area (Å²) in [6.45, 7) is 9.01. The highest BCUT2D eigenvalue weighted by atomic mass is 79.9. The van der Waals surface area contributed by atoms with Crippen molar-refractivity contribution in [1.29, 1.82) is 0 Å². The Kier molecular flexibility index (Phi) is 5.53. The average molecular weight is 303 g/mol. The number of benzene rings is 1. The SMILES string of the molecule is C=C(C)CC(NCC)c1cccc(Br)c1Cl. The van der Waals surface area contributed by atoms with Crippen LogP contribution in [-0.4, -0.2) is 6.54 Å². The van der Waals surface area contributed by atoms with Gasteiger partial charge in [0.05, 0.1) is 5.02 Å². The van der Waals surface area contributed by atoms with E-state index >= 15 is 0 Å². The van der Waals surface area contributed by atoms with Crippen LogP contribution in [0.2, 0.25) is 5.02 Å². The zero-order valence-electron chi connectivity index (χ0n) is 9.69. The van der Waals surface area contributed by atoms with Gasteiger partial charge in [0.25, 0.3) is 0 Å². The largest absolute Gasteiger partial charge is 0.310 e. The Balaban J connectivity index is 3.00. The molecule has 0 aliphatic rings. The fourth-order valence-electron chi connectivity index (χ4n) is 1.68. The number of hydrogen-bond acceptors (Lipinski definition) is 1. The van der Waals surface area contributed by atoms with Crippen molar-refractivity contribution >= 4 is 27.5 Å². The van der Waals surface area contributed by atoms with Crippen LogP contribution in [0.25, 0.3) is 0 Å². The van der Waals surface area contributed by atoms with E-state index in [1.165, 1.54) is 0 Å². The highest BCUT2D eigenvalue weighted by Gasteiger charge is 2.15. The molecule has 0 heterocycles. The van der Waals surface area contributed by atoms with Gasteiger partial charge in [-0.15, -0.1) is 6.58 Å². The van der Waals surface area contributed by atoms with Gasteiger partial charge in [-0.25, -0.2) is 0 Å². The van der Waals surface area contributed by atoms with Gasteiger partial charge in [0, 0.05) is 10.5 Å². The van der Waals surface area contributed by atoms with Crippen molar-refractivity contribution < 1.29 is 0 Å². The lowest BCUT2D eigenvalue weighted by Gasteiger charge is -2.20. The van der Waals surface area contributed by atoms with Gasteiger partial charge in [0.2, 0.25) is 0 Å². The van der Waals surface area contributed by atoms with E-state index in [0.29, 0.717) is 0 Å². The van der Waals surface area contributed by atoms with Gasteiger partial charge in [-0.1, -0.05) is 36.2 Å². The molecule has 0 amide bonds. The molecule has 1 nitrogen and oxygen atoms in total. The fraction of sp³-hybridized carbons (Fsp3) is 0.385. The number of hydrogen-bond donors (Lipinski definition) is 1. The minimum absolute atomic E-state index is 0.243. The summed E-state index contributed by atoms with van der Waals surface area (Å²) >= 11 is 9.74. The molecular weight excluding hydrogens is 286 g/mol. The van der Waals surface area contributed by atoms with Gasteiger partial charge in [0.15, 0.2) is 0 Å². The molecule has 0 bridgehead atoms. The van der Waals surface area contributed by atoms with Crippen LogP contribution in [0.4, 0.5) is 0 Å². The third-order valence-corrected chi connectivity index (χ3v) is 3.67. The third-order valence-electron chi connectivity index (χ3n) is 2.36. The lowest BCUT2D eigenvalue weighted by Crippen LogP contribution is -2.21. The van der Waals surface area contributed by atoms with Crippen LogP contribution in [-0.2, 0) is 0 Å². The summed E-state index contributed by atoms with van der Waals surface area (Å²) in [5, 5.41) is 4.22. The van der Waals surface area contributed by atoms with Gasteiger partial charge >= 0.3 is 0 Å². The Bertz CT molecular complexity index is 376. The second-order valence-corrected chi connectivity index (χ2v) is 5.15. The molecule has 1 aromatic rings. The van der Waals surface area contributed by atoms with E-state index < -0.39 is 0 Å². The maximum absolute atomic E-state index is 6.29. The summed E-state index contributed by atoms with van der Waals surface area (Å²) in [6.07, 6.45) is 0.907. The van der Waals surface area contributed by atoms with E-state index in [0.717, 1.165) is 33.6 Å². The Hall–Kier alpha value is -0.310. The molecule has 3 heteroatoms. The van der Waals surface area contributed by atoms with Crippen LogP contribution in [0.15, 0.2) is 34.8 Å². The van der Waals surface area contributed by atoms with Crippen LogP contribution in [0.3, 0.4) is 0 Å². The molecule has 1 aromatic carbocycles. The molecule has 0 aliphatic carbocycles. The molecule has 0 aliphatic heterocycles. The van der Waals surface area contributed by atoms with Crippen LogP contribution < -0.4 is 5.32 Å². The summed E-state index contributed by atoms with van der Waals surface area (Å²) in [7, 11) is 0. The second kappa shape index (κ2) is 6.43. The van der Waals surface area contributed by atoms with Crippen molar-refractivity contribution in [2.75, 3.05) is 6.54 Å². The summed E-state index contributed by atoms with van der Waals surface area (Å²) in [5.41, 5.74) is 2.28. The van der Waals surface area contributed by atoms with E-state index in [1.807, 2.05) is 19.1 Å². The third kappa shape index (κ3) is 3.62. The van der Waals surface area contributed by atoms with E-state index in [2.05, 4.69) is 40.8 Å². The first-order chi connectivity index (χ1) is 7.56. The summed E-state index contributed by atoms with van der Waals surface area (Å²) in [5.74, 6) is 0. The van der Waals surface area contributed by atoms with Crippen molar-refractivity contribution in [2.24, 2.45) is 0 Å². The Morgan fingerprint density at radius 3 is 2.81 bits per heavy atom. The van der Waals surface area contributed by atoms with Gasteiger partial charge in [-0.3, -0.25) is 0 Å². The van der Waals surface area contributed by atoms with Gasteiger partial charge in [-0.2, -0.15) is 0 Å². The minimum atomic E-state index is 0.243. The molecule has 1 atom stereocenters. The Morgan fingerprint density at radius 2 is 2.25 bits per heavy atom. The molecule has 16 heavy (non-hydrogen) atoms. The topological polar surface area (TPSA) is 12.0 Å². The van der Waals surface area contributed by atoms with E-state index in [4.69, 9.17) is 11.6 Å². The number of nitrogens with one attached hydrogen (secondary N) is 1. The number of rotatable bonds is 5. The molecule has 0 spiro atoms. The molecule has 1 unspecified atom stereocenters. The van der Waals surface area contributed by atoms with Crippen LogP contribution in [0.1, 0.15) is 31.9 Å². The first-order valence-corrected chi connectivity index (χ1v) is 6.55. The molecule has 1 N–H and O–H groups in total. The predicted octanol–water partition coefficient (Wildman–Crippen LogP) is 4.72. The molecule has 88 valence electrons. The number of halogens is 2. The first kappa shape index (κ1) is 13.8. The lowest BCUT2D eigenvalue weighted by atomic mass is 10.0. The van der Waals surface area contributed by atoms with Crippen molar-refractivity contribution in [3.8, 4) is 0 Å². The van der Waals surface area contributed by atoms with Crippen LogP contribution >= 0.6 is 27.5 Å². The highest BCUT2D eigenvalue weighted by molar-refractivity contribution is 9.10. The summed E-state index contributed by atoms with van der Waals surface area (Å²) in [6, 6.07) is 6.26. The summed E-state index contributed by atoms with van der Waals surface area (Å²) in [4.78, 5) is 0. The highest BCUT2D eigenvalue weighted by Crippen LogP contribution is 2.32.